The number of methoxy groups -OCH3 is 1. The summed E-state index contributed by atoms with van der Waals surface area (Å²) < 4.78 is 15.7. The number of ether oxygens (including phenoxy) is 2. The number of nitriles is 1. The standard InChI is InChI=1S/C13H13N3O3/c1-3-13-15-12(16-19-13)8-18-10-5-4-9(7-14)6-11(10)17-2/h4-6H,3,8H2,1-2H3. The van der Waals surface area contributed by atoms with Gasteiger partial charge in [0.25, 0.3) is 0 Å². The molecule has 19 heavy (non-hydrogen) atoms. The minimum absolute atomic E-state index is 0.186. The van der Waals surface area contributed by atoms with E-state index in [1.807, 2.05) is 13.0 Å². The largest absolute Gasteiger partial charge is 0.493 e. The number of aryl methyl sites for hydroxylation is 1. The van der Waals surface area contributed by atoms with Crippen LogP contribution in [0.15, 0.2) is 22.7 Å². The number of aromatic nitrogens is 2. The Labute approximate surface area is 110 Å². The zero-order chi connectivity index (χ0) is 13.7. The molecule has 0 N–H and O–H groups in total. The summed E-state index contributed by atoms with van der Waals surface area (Å²) in [6, 6.07) is 6.99. The molecule has 0 amide bonds. The highest BCUT2D eigenvalue weighted by molar-refractivity contribution is 5.46. The van der Waals surface area contributed by atoms with E-state index in [4.69, 9.17) is 19.3 Å². The predicted molar refractivity (Wildman–Crippen MR) is 65.7 cm³/mol. The predicted octanol–water partition coefficient (Wildman–Crippen LogP) is 2.09. The van der Waals surface area contributed by atoms with E-state index in [-0.39, 0.29) is 6.61 Å². The van der Waals surface area contributed by atoms with Gasteiger partial charge in [-0.05, 0) is 12.1 Å². The second-order valence-electron chi connectivity index (χ2n) is 3.72. The van der Waals surface area contributed by atoms with E-state index in [0.29, 0.717) is 35.2 Å². The fourth-order valence-electron chi connectivity index (χ4n) is 1.49. The minimum atomic E-state index is 0.186. The van der Waals surface area contributed by atoms with Gasteiger partial charge in [0, 0.05) is 12.5 Å². The van der Waals surface area contributed by atoms with Gasteiger partial charge in [-0.2, -0.15) is 10.2 Å². The smallest absolute Gasteiger partial charge is 0.226 e. The number of hydrogen-bond donors (Lipinski definition) is 0. The molecule has 0 bridgehead atoms. The molecule has 98 valence electrons. The third-order valence-corrected chi connectivity index (χ3v) is 2.46. The number of benzene rings is 1. The fraction of sp³-hybridized carbons (Fsp3) is 0.308. The molecule has 0 saturated carbocycles. The molecular formula is C13H13N3O3. The number of hydrogen-bond acceptors (Lipinski definition) is 6. The van der Waals surface area contributed by atoms with Gasteiger partial charge in [-0.25, -0.2) is 0 Å². The lowest BCUT2D eigenvalue weighted by Crippen LogP contribution is -2.00. The van der Waals surface area contributed by atoms with Crippen LogP contribution < -0.4 is 9.47 Å². The topological polar surface area (TPSA) is 81.2 Å². The first-order valence-electron chi connectivity index (χ1n) is 5.79. The van der Waals surface area contributed by atoms with Gasteiger partial charge in [0.05, 0.1) is 18.7 Å². The highest BCUT2D eigenvalue weighted by Gasteiger charge is 2.09. The zero-order valence-electron chi connectivity index (χ0n) is 10.7. The maximum absolute atomic E-state index is 8.81. The average Bonchev–Trinajstić information content (AvgIpc) is 2.92. The van der Waals surface area contributed by atoms with Crippen LogP contribution in [0.1, 0.15) is 24.2 Å². The normalized spacial score (nSPS) is 9.95. The molecule has 0 fully saturated rings. The monoisotopic (exact) mass is 259 g/mol. The number of nitrogens with zero attached hydrogens (tertiary/aromatic N) is 3. The lowest BCUT2D eigenvalue weighted by atomic mass is 10.2. The van der Waals surface area contributed by atoms with E-state index >= 15 is 0 Å². The zero-order valence-corrected chi connectivity index (χ0v) is 10.7. The molecule has 0 aliphatic heterocycles. The molecule has 2 rings (SSSR count). The van der Waals surface area contributed by atoms with Gasteiger partial charge in [0.15, 0.2) is 18.1 Å². The van der Waals surface area contributed by atoms with Crippen molar-refractivity contribution >= 4 is 0 Å². The second-order valence-corrected chi connectivity index (χ2v) is 3.72. The van der Waals surface area contributed by atoms with Crippen LogP contribution in [0.2, 0.25) is 0 Å². The van der Waals surface area contributed by atoms with Crippen LogP contribution in [0.3, 0.4) is 0 Å². The third-order valence-electron chi connectivity index (χ3n) is 2.46. The van der Waals surface area contributed by atoms with Gasteiger partial charge < -0.3 is 14.0 Å². The van der Waals surface area contributed by atoms with Gasteiger partial charge in [-0.1, -0.05) is 12.1 Å². The summed E-state index contributed by atoms with van der Waals surface area (Å²) >= 11 is 0. The van der Waals surface area contributed by atoms with Crippen molar-refractivity contribution in [3.63, 3.8) is 0 Å². The summed E-state index contributed by atoms with van der Waals surface area (Å²) in [6.45, 7) is 2.12. The Balaban J connectivity index is 2.08. The summed E-state index contributed by atoms with van der Waals surface area (Å²) in [4.78, 5) is 4.14. The molecule has 0 atom stereocenters. The maximum atomic E-state index is 8.81. The summed E-state index contributed by atoms with van der Waals surface area (Å²) in [5.41, 5.74) is 0.511. The van der Waals surface area contributed by atoms with Crippen molar-refractivity contribution in [3.8, 4) is 17.6 Å². The van der Waals surface area contributed by atoms with Gasteiger partial charge >= 0.3 is 0 Å². The molecule has 0 unspecified atom stereocenters. The average molecular weight is 259 g/mol. The van der Waals surface area contributed by atoms with Gasteiger partial charge in [-0.3, -0.25) is 0 Å². The van der Waals surface area contributed by atoms with E-state index in [0.717, 1.165) is 0 Å². The van der Waals surface area contributed by atoms with Crippen LogP contribution in [0.25, 0.3) is 0 Å². The summed E-state index contributed by atoms with van der Waals surface area (Å²) in [7, 11) is 1.52. The molecule has 0 aliphatic rings. The Hall–Kier alpha value is -2.55. The molecular weight excluding hydrogens is 246 g/mol. The highest BCUT2D eigenvalue weighted by Crippen LogP contribution is 2.28. The lowest BCUT2D eigenvalue weighted by molar-refractivity contribution is 0.269. The van der Waals surface area contributed by atoms with Crippen LogP contribution in [0.4, 0.5) is 0 Å². The minimum Gasteiger partial charge on any atom is -0.493 e. The van der Waals surface area contributed by atoms with Gasteiger partial charge in [0.1, 0.15) is 0 Å². The second kappa shape index (κ2) is 5.87. The Morgan fingerprint density at radius 1 is 1.37 bits per heavy atom. The van der Waals surface area contributed by atoms with Crippen LogP contribution in [-0.4, -0.2) is 17.3 Å². The Kier molecular flexibility index (Phi) is 3.98. The third kappa shape index (κ3) is 3.01. The molecule has 1 heterocycles. The molecule has 1 aromatic carbocycles. The first-order chi connectivity index (χ1) is 9.26. The quantitative estimate of drug-likeness (QED) is 0.817. The van der Waals surface area contributed by atoms with Gasteiger partial charge in [-0.15, -0.1) is 0 Å². The van der Waals surface area contributed by atoms with E-state index in [2.05, 4.69) is 10.1 Å². The first kappa shape index (κ1) is 12.9. The van der Waals surface area contributed by atoms with Crippen LogP contribution in [0.5, 0.6) is 11.5 Å². The Morgan fingerprint density at radius 3 is 2.84 bits per heavy atom. The molecule has 0 aliphatic carbocycles. The van der Waals surface area contributed by atoms with Gasteiger partial charge in [0.2, 0.25) is 11.7 Å². The number of rotatable bonds is 5. The summed E-state index contributed by atoms with van der Waals surface area (Å²) in [6.07, 6.45) is 0.688. The highest BCUT2D eigenvalue weighted by atomic mass is 16.5. The van der Waals surface area contributed by atoms with Crippen molar-refractivity contribution in [2.24, 2.45) is 0 Å². The summed E-state index contributed by atoms with van der Waals surface area (Å²) in [5, 5.41) is 12.6. The van der Waals surface area contributed by atoms with E-state index < -0.39 is 0 Å². The maximum Gasteiger partial charge on any atom is 0.226 e. The molecule has 6 nitrogen and oxygen atoms in total. The van der Waals surface area contributed by atoms with Crippen LogP contribution in [0, 0.1) is 11.3 Å². The van der Waals surface area contributed by atoms with E-state index in [1.54, 1.807) is 18.2 Å². The van der Waals surface area contributed by atoms with Crippen molar-refractivity contribution in [2.45, 2.75) is 20.0 Å². The van der Waals surface area contributed by atoms with Crippen LogP contribution in [-0.2, 0) is 13.0 Å². The first-order valence-corrected chi connectivity index (χ1v) is 5.79. The van der Waals surface area contributed by atoms with E-state index in [9.17, 15) is 0 Å². The van der Waals surface area contributed by atoms with Crippen molar-refractivity contribution < 1.29 is 14.0 Å². The lowest BCUT2D eigenvalue weighted by Gasteiger charge is -2.08. The Bertz CT molecular complexity index is 601. The van der Waals surface area contributed by atoms with Crippen molar-refractivity contribution in [2.75, 3.05) is 7.11 Å². The Morgan fingerprint density at radius 2 is 2.21 bits per heavy atom. The SMILES string of the molecule is CCc1nc(COc2ccc(C#N)cc2OC)no1. The molecule has 0 radical (unpaired) electrons. The molecule has 2 aromatic rings. The van der Waals surface area contributed by atoms with Crippen molar-refractivity contribution in [1.82, 2.24) is 10.1 Å². The van der Waals surface area contributed by atoms with Crippen molar-refractivity contribution in [1.29, 1.82) is 5.26 Å². The molecule has 6 heteroatoms. The molecule has 1 aromatic heterocycles. The van der Waals surface area contributed by atoms with Crippen LogP contribution >= 0.6 is 0 Å². The van der Waals surface area contributed by atoms with Crippen molar-refractivity contribution in [3.05, 3.63) is 35.5 Å². The molecule has 0 spiro atoms. The van der Waals surface area contributed by atoms with E-state index in [1.165, 1.54) is 7.11 Å². The molecule has 0 saturated heterocycles. The summed E-state index contributed by atoms with van der Waals surface area (Å²) in [5.74, 6) is 2.08. The fourth-order valence-corrected chi connectivity index (χ4v) is 1.49.